The van der Waals surface area contributed by atoms with E-state index in [1.165, 1.54) is 6.92 Å². The normalized spacial score (nSPS) is 12.0. The number of fused-ring (bicyclic) bond motifs is 1. The van der Waals surface area contributed by atoms with Gasteiger partial charge in [-0.1, -0.05) is 11.6 Å². The molecule has 0 saturated carbocycles. The molecule has 0 amide bonds. The molecule has 3 rings (SSSR count). The first-order chi connectivity index (χ1) is 12.9. The molecule has 2 N–H and O–H groups in total. The van der Waals surface area contributed by atoms with Gasteiger partial charge in [0.1, 0.15) is 11.4 Å². The Morgan fingerprint density at radius 2 is 1.86 bits per heavy atom. The summed E-state index contributed by atoms with van der Waals surface area (Å²) in [6.45, 7) is 1.34. The Kier molecular flexibility index (Phi) is 4.38. The van der Waals surface area contributed by atoms with Crippen molar-refractivity contribution in [3.63, 3.8) is 0 Å². The fourth-order valence-corrected chi connectivity index (χ4v) is 3.29. The fraction of sp³-hybridized carbons (Fsp3) is 0.188. The van der Waals surface area contributed by atoms with Crippen molar-refractivity contribution in [2.45, 2.75) is 13.1 Å². The van der Waals surface area contributed by atoms with Crippen LogP contribution in [0.25, 0.3) is 16.6 Å². The van der Waals surface area contributed by atoms with Gasteiger partial charge in [0.05, 0.1) is 16.1 Å². The number of nitrogens with one attached hydrogen (secondary N) is 1. The van der Waals surface area contributed by atoms with Crippen molar-refractivity contribution in [1.29, 1.82) is 0 Å². The summed E-state index contributed by atoms with van der Waals surface area (Å²) >= 11 is 5.94. The first-order valence-electron chi connectivity index (χ1n) is 7.50. The third-order valence-corrected chi connectivity index (χ3v) is 4.49. The maximum absolute atomic E-state index is 14.7. The highest BCUT2D eigenvalue weighted by molar-refractivity contribution is 6.37. The summed E-state index contributed by atoms with van der Waals surface area (Å²) in [4.78, 5) is 38.8. The smallest absolute Gasteiger partial charge is 0.431 e. The molecule has 0 bridgehead atoms. The molecule has 0 spiro atoms. The van der Waals surface area contributed by atoms with E-state index in [4.69, 9.17) is 11.6 Å². The molecule has 0 aliphatic rings. The number of hydrogen-bond acceptors (Lipinski definition) is 3. The Labute approximate surface area is 157 Å². The van der Waals surface area contributed by atoms with Crippen LogP contribution >= 0.6 is 11.6 Å². The molecular formula is C16H10ClF4N3O4. The van der Waals surface area contributed by atoms with Crippen LogP contribution in [0, 0.1) is 12.7 Å². The number of alkyl halides is 3. The summed E-state index contributed by atoms with van der Waals surface area (Å²) in [5.74, 6) is -2.61. The van der Waals surface area contributed by atoms with Crippen LogP contribution in [0.15, 0.2) is 21.7 Å². The number of rotatable bonds is 2. The summed E-state index contributed by atoms with van der Waals surface area (Å²) in [6.07, 6.45) is -4.99. The van der Waals surface area contributed by atoms with Crippen LogP contribution in [0.1, 0.15) is 21.7 Å². The van der Waals surface area contributed by atoms with Gasteiger partial charge < -0.3 is 10.1 Å². The molecule has 0 saturated heterocycles. The van der Waals surface area contributed by atoms with Gasteiger partial charge in [0.25, 0.3) is 5.56 Å². The molecule has 3 aromatic rings. The second-order valence-electron chi connectivity index (χ2n) is 5.91. The maximum atomic E-state index is 14.7. The number of aryl methyl sites for hydroxylation is 1. The van der Waals surface area contributed by atoms with Crippen molar-refractivity contribution >= 4 is 28.5 Å². The molecule has 0 aliphatic heterocycles. The Hall–Kier alpha value is -3.08. The van der Waals surface area contributed by atoms with Gasteiger partial charge in [0, 0.05) is 24.2 Å². The van der Waals surface area contributed by atoms with Crippen molar-refractivity contribution < 1.29 is 27.5 Å². The molecule has 0 unspecified atom stereocenters. The van der Waals surface area contributed by atoms with Crippen LogP contribution in [-0.2, 0) is 13.2 Å². The van der Waals surface area contributed by atoms with Crippen LogP contribution in [0.4, 0.5) is 17.6 Å². The van der Waals surface area contributed by atoms with Crippen LogP contribution in [-0.4, -0.2) is 25.2 Å². The van der Waals surface area contributed by atoms with E-state index in [9.17, 15) is 37.1 Å². The van der Waals surface area contributed by atoms with Gasteiger partial charge in [0.2, 0.25) is 0 Å². The van der Waals surface area contributed by atoms with E-state index in [1.807, 2.05) is 0 Å². The van der Waals surface area contributed by atoms with Gasteiger partial charge in [-0.2, -0.15) is 13.2 Å². The molecule has 0 atom stereocenters. The molecule has 148 valence electrons. The summed E-state index contributed by atoms with van der Waals surface area (Å²) < 4.78 is 54.0. The zero-order valence-corrected chi connectivity index (χ0v) is 14.9. The number of aromatic amines is 1. The lowest BCUT2D eigenvalue weighted by Crippen LogP contribution is -2.41. The van der Waals surface area contributed by atoms with E-state index in [0.717, 1.165) is 7.05 Å². The van der Waals surface area contributed by atoms with E-state index in [1.54, 1.807) is 0 Å². The average molecular weight is 420 g/mol. The predicted octanol–water partition coefficient (Wildman–Crippen LogP) is 2.84. The van der Waals surface area contributed by atoms with E-state index in [-0.39, 0.29) is 42.4 Å². The van der Waals surface area contributed by atoms with Gasteiger partial charge in [-0.3, -0.25) is 9.36 Å². The largest absolute Gasteiger partial charge is 0.478 e. The third kappa shape index (κ3) is 2.78. The quantitative estimate of drug-likeness (QED) is 0.624. The number of carboxylic acids is 1. The summed E-state index contributed by atoms with van der Waals surface area (Å²) in [7, 11) is 0.773. The molecule has 28 heavy (non-hydrogen) atoms. The first-order valence-corrected chi connectivity index (χ1v) is 7.88. The molecule has 0 fully saturated rings. The lowest BCUT2D eigenvalue weighted by atomic mass is 10.1. The second-order valence-corrected chi connectivity index (χ2v) is 6.32. The van der Waals surface area contributed by atoms with Crippen molar-refractivity contribution in [2.24, 2.45) is 7.05 Å². The minimum Gasteiger partial charge on any atom is -0.478 e. The minimum absolute atomic E-state index is 0.0491. The van der Waals surface area contributed by atoms with Crippen molar-refractivity contribution in [1.82, 2.24) is 14.1 Å². The lowest BCUT2D eigenvalue weighted by Gasteiger charge is -2.15. The Morgan fingerprint density at radius 3 is 2.39 bits per heavy atom. The lowest BCUT2D eigenvalue weighted by molar-refractivity contribution is -0.144. The van der Waals surface area contributed by atoms with Crippen LogP contribution < -0.4 is 11.2 Å². The highest BCUT2D eigenvalue weighted by Gasteiger charge is 2.35. The highest BCUT2D eigenvalue weighted by Crippen LogP contribution is 2.35. The molecular weight excluding hydrogens is 410 g/mol. The van der Waals surface area contributed by atoms with Gasteiger partial charge >= 0.3 is 17.8 Å². The van der Waals surface area contributed by atoms with Crippen LogP contribution in [0.2, 0.25) is 5.02 Å². The van der Waals surface area contributed by atoms with Gasteiger partial charge in [0.15, 0.2) is 5.82 Å². The van der Waals surface area contributed by atoms with E-state index >= 15 is 0 Å². The number of nitrogens with zero attached hydrogens (tertiary/aromatic N) is 2. The first kappa shape index (κ1) is 19.7. The summed E-state index contributed by atoms with van der Waals surface area (Å²) in [5.41, 5.74) is -5.73. The van der Waals surface area contributed by atoms with E-state index < -0.39 is 40.6 Å². The van der Waals surface area contributed by atoms with E-state index in [0.29, 0.717) is 6.07 Å². The minimum atomic E-state index is -4.99. The van der Waals surface area contributed by atoms with Crippen LogP contribution in [0.3, 0.4) is 0 Å². The monoisotopic (exact) mass is 419 g/mol. The number of aromatic nitrogens is 3. The molecule has 0 radical (unpaired) electrons. The van der Waals surface area contributed by atoms with Gasteiger partial charge in [-0.05, 0) is 13.0 Å². The number of halogens is 5. The molecule has 0 aliphatic carbocycles. The Bertz CT molecular complexity index is 1270. The van der Waals surface area contributed by atoms with E-state index in [2.05, 4.69) is 4.98 Å². The average Bonchev–Trinajstić information content (AvgIpc) is 2.90. The molecule has 2 aromatic heterocycles. The molecule has 2 heterocycles. The zero-order chi connectivity index (χ0) is 21.1. The highest BCUT2D eigenvalue weighted by atomic mass is 35.5. The third-order valence-electron chi connectivity index (χ3n) is 4.19. The van der Waals surface area contributed by atoms with Crippen molar-refractivity contribution in [3.05, 3.63) is 60.8 Å². The van der Waals surface area contributed by atoms with Crippen LogP contribution in [0.5, 0.6) is 0 Å². The number of H-pyrrole nitrogens is 1. The van der Waals surface area contributed by atoms with Crippen molar-refractivity contribution in [2.75, 3.05) is 0 Å². The number of carboxylic acid groups (broad SMARTS) is 1. The zero-order valence-electron chi connectivity index (χ0n) is 14.1. The Morgan fingerprint density at radius 1 is 1.25 bits per heavy atom. The number of benzene rings is 1. The molecule has 12 heteroatoms. The predicted molar refractivity (Wildman–Crippen MR) is 90.8 cm³/mol. The standard InChI is InChI=1S/C16H10ClF4N3O4/c1-5-10(14(26)27)11-6(17)3-7(18)13(12(11)22-5)24-9(25)4-8(16(19,20)21)23(2)15(24)28/h3-4,22H,1-2H3,(H,26,27). The number of hydrogen-bond donors (Lipinski definition) is 2. The van der Waals surface area contributed by atoms with Gasteiger partial charge in [-0.25, -0.2) is 18.5 Å². The Balaban J connectivity index is 2.53. The summed E-state index contributed by atoms with van der Waals surface area (Å²) in [6, 6.07) is 0.831. The second kappa shape index (κ2) is 6.23. The SMILES string of the molecule is Cc1[nH]c2c(-n3c(=O)cc(C(F)(F)F)n(C)c3=O)c(F)cc(Cl)c2c1C(=O)O. The van der Waals surface area contributed by atoms with Crippen molar-refractivity contribution in [3.8, 4) is 5.69 Å². The fourth-order valence-electron chi connectivity index (χ4n) is 3.00. The summed E-state index contributed by atoms with van der Waals surface area (Å²) in [5, 5.41) is 8.86. The number of carbonyl (C=O) groups is 1. The molecule has 1 aromatic carbocycles. The topological polar surface area (TPSA) is 97.1 Å². The molecule has 7 nitrogen and oxygen atoms in total. The number of aromatic carboxylic acids is 1. The maximum Gasteiger partial charge on any atom is 0.431 e. The van der Waals surface area contributed by atoms with Gasteiger partial charge in [-0.15, -0.1) is 0 Å².